The molecule has 20 heavy (non-hydrogen) atoms. The monoisotopic (exact) mass is 273 g/mol. The summed E-state index contributed by atoms with van der Waals surface area (Å²) in [5.41, 5.74) is 2.24. The van der Waals surface area contributed by atoms with Crippen LogP contribution in [-0.4, -0.2) is 16.1 Å². The molecule has 2 rings (SSSR count). The number of nitrogens with one attached hydrogen (secondary N) is 1. The van der Waals surface area contributed by atoms with Crippen molar-refractivity contribution >= 4 is 0 Å². The molecule has 4 nitrogen and oxygen atoms in total. The summed E-state index contributed by atoms with van der Waals surface area (Å²) in [7, 11) is 0. The average molecular weight is 273 g/mol. The largest absolute Gasteiger partial charge is 0.356 e. The van der Waals surface area contributed by atoms with Crippen molar-refractivity contribution in [3.8, 4) is 0 Å². The number of rotatable bonds is 8. The zero-order valence-corrected chi connectivity index (χ0v) is 12.2. The third kappa shape index (κ3) is 5.15. The molecule has 0 aliphatic rings. The van der Waals surface area contributed by atoms with Crippen LogP contribution in [0.2, 0.25) is 0 Å². The van der Waals surface area contributed by atoms with Crippen LogP contribution < -0.4 is 5.32 Å². The highest BCUT2D eigenvalue weighted by atomic mass is 16.5. The van der Waals surface area contributed by atoms with Crippen molar-refractivity contribution in [3.63, 3.8) is 0 Å². The van der Waals surface area contributed by atoms with Crippen LogP contribution in [0.1, 0.15) is 25.1 Å². The summed E-state index contributed by atoms with van der Waals surface area (Å²) in [4.78, 5) is 4.36. The van der Waals surface area contributed by atoms with E-state index < -0.39 is 0 Å². The van der Waals surface area contributed by atoms with Gasteiger partial charge in [0.2, 0.25) is 0 Å². The van der Waals surface area contributed by atoms with Gasteiger partial charge in [-0.1, -0.05) is 44.2 Å². The molecule has 1 heterocycles. The van der Waals surface area contributed by atoms with E-state index in [1.165, 1.54) is 5.56 Å². The van der Waals surface area contributed by atoms with Gasteiger partial charge in [-0.2, -0.15) is 0 Å². The van der Waals surface area contributed by atoms with Gasteiger partial charge in [-0.15, -0.1) is 0 Å². The van der Waals surface area contributed by atoms with E-state index >= 15 is 0 Å². The molecule has 1 aromatic heterocycles. The normalized spacial score (nSPS) is 11.2. The van der Waals surface area contributed by atoms with E-state index in [9.17, 15) is 0 Å². The predicted molar refractivity (Wildman–Crippen MR) is 80.0 cm³/mol. The maximum atomic E-state index is 5.66. The van der Waals surface area contributed by atoms with Crippen LogP contribution in [0.4, 0.5) is 0 Å². The third-order valence-corrected chi connectivity index (χ3v) is 2.90. The third-order valence-electron chi connectivity index (χ3n) is 2.90. The van der Waals surface area contributed by atoms with Crippen molar-refractivity contribution in [2.75, 3.05) is 6.54 Å². The number of nitrogens with zero attached hydrogens (tertiary/aromatic N) is 2. The Kier molecular flexibility index (Phi) is 5.77. The summed E-state index contributed by atoms with van der Waals surface area (Å²) < 4.78 is 7.63. The minimum atomic E-state index is 0.534. The van der Waals surface area contributed by atoms with E-state index in [0.717, 1.165) is 18.8 Å². The second-order valence-corrected chi connectivity index (χ2v) is 5.37. The van der Waals surface area contributed by atoms with Crippen molar-refractivity contribution < 1.29 is 4.74 Å². The molecule has 1 aromatic carbocycles. The number of imidazole rings is 1. The maximum Gasteiger partial charge on any atom is 0.124 e. The Labute approximate surface area is 120 Å². The minimum Gasteiger partial charge on any atom is -0.356 e. The average Bonchev–Trinajstić information content (AvgIpc) is 2.87. The van der Waals surface area contributed by atoms with E-state index in [-0.39, 0.29) is 0 Å². The number of hydrogen-bond acceptors (Lipinski definition) is 3. The van der Waals surface area contributed by atoms with Gasteiger partial charge in [-0.05, 0) is 18.0 Å². The van der Waals surface area contributed by atoms with Crippen molar-refractivity contribution in [2.45, 2.75) is 33.7 Å². The van der Waals surface area contributed by atoms with Crippen LogP contribution in [0.15, 0.2) is 42.9 Å². The van der Waals surface area contributed by atoms with Crippen molar-refractivity contribution in [1.29, 1.82) is 0 Å². The Morgan fingerprint density at radius 2 is 2.05 bits per heavy atom. The van der Waals surface area contributed by atoms with Gasteiger partial charge in [0, 0.05) is 12.7 Å². The molecular formula is C16H23N3O. The van der Waals surface area contributed by atoms with Gasteiger partial charge in [0.05, 0.1) is 18.6 Å². The zero-order chi connectivity index (χ0) is 14.2. The van der Waals surface area contributed by atoms with Gasteiger partial charge in [0.1, 0.15) is 6.73 Å². The second kappa shape index (κ2) is 7.82. The summed E-state index contributed by atoms with van der Waals surface area (Å²) in [6.45, 7) is 7.37. The molecule has 0 bridgehead atoms. The lowest BCUT2D eigenvalue weighted by Crippen LogP contribution is -2.19. The van der Waals surface area contributed by atoms with Crippen LogP contribution in [-0.2, 0) is 24.6 Å². The van der Waals surface area contributed by atoms with Gasteiger partial charge in [0.15, 0.2) is 0 Å². The maximum absolute atomic E-state index is 5.66. The van der Waals surface area contributed by atoms with Crippen LogP contribution in [0.25, 0.3) is 0 Å². The van der Waals surface area contributed by atoms with Gasteiger partial charge < -0.3 is 14.6 Å². The fourth-order valence-corrected chi connectivity index (χ4v) is 1.90. The lowest BCUT2D eigenvalue weighted by atomic mass is 10.2. The number of benzene rings is 1. The van der Waals surface area contributed by atoms with E-state index in [2.05, 4.69) is 36.3 Å². The van der Waals surface area contributed by atoms with Gasteiger partial charge in [-0.25, -0.2) is 4.98 Å². The van der Waals surface area contributed by atoms with E-state index in [1.807, 2.05) is 35.3 Å². The van der Waals surface area contributed by atoms with Crippen molar-refractivity contribution in [3.05, 3.63) is 54.1 Å². The molecule has 0 saturated carbocycles. The predicted octanol–water partition coefficient (Wildman–Crippen LogP) is 2.80. The standard InChI is InChI=1S/C16H23N3O/c1-14(2)8-17-9-16-10-19(12-18-16)13-20-11-15-6-4-3-5-7-15/h3-7,10,12,14,17H,8-9,11,13H2,1-2H3. The second-order valence-electron chi connectivity index (χ2n) is 5.37. The topological polar surface area (TPSA) is 39.1 Å². The van der Waals surface area contributed by atoms with E-state index in [4.69, 9.17) is 4.74 Å². The molecule has 0 amide bonds. The molecular weight excluding hydrogens is 250 g/mol. The van der Waals surface area contributed by atoms with Crippen LogP contribution in [0, 0.1) is 5.92 Å². The smallest absolute Gasteiger partial charge is 0.124 e. The molecule has 0 saturated heterocycles. The fraction of sp³-hybridized carbons (Fsp3) is 0.438. The Balaban J connectivity index is 1.70. The molecule has 1 N–H and O–H groups in total. The molecule has 0 radical (unpaired) electrons. The van der Waals surface area contributed by atoms with Gasteiger partial charge in [-0.3, -0.25) is 0 Å². The molecule has 4 heteroatoms. The molecule has 0 aliphatic carbocycles. The lowest BCUT2D eigenvalue weighted by Gasteiger charge is -2.05. The number of aromatic nitrogens is 2. The SMILES string of the molecule is CC(C)CNCc1cn(COCc2ccccc2)cn1. The van der Waals surface area contributed by atoms with Crippen molar-refractivity contribution in [2.24, 2.45) is 5.92 Å². The summed E-state index contributed by atoms with van der Waals surface area (Å²) in [5.74, 6) is 0.659. The van der Waals surface area contributed by atoms with Crippen LogP contribution in [0.3, 0.4) is 0 Å². The van der Waals surface area contributed by atoms with E-state index in [0.29, 0.717) is 19.3 Å². The first-order chi connectivity index (χ1) is 9.74. The summed E-state index contributed by atoms with van der Waals surface area (Å²) in [6.07, 6.45) is 3.84. The van der Waals surface area contributed by atoms with Crippen LogP contribution >= 0.6 is 0 Å². The number of hydrogen-bond donors (Lipinski definition) is 1. The molecule has 0 unspecified atom stereocenters. The Bertz CT molecular complexity index is 493. The lowest BCUT2D eigenvalue weighted by molar-refractivity contribution is 0.0639. The fourth-order valence-electron chi connectivity index (χ4n) is 1.90. The van der Waals surface area contributed by atoms with Gasteiger partial charge >= 0.3 is 0 Å². The Hall–Kier alpha value is -1.65. The molecule has 0 spiro atoms. The summed E-state index contributed by atoms with van der Waals surface area (Å²) in [5, 5.41) is 3.38. The first kappa shape index (κ1) is 14.8. The highest BCUT2D eigenvalue weighted by Gasteiger charge is 2.00. The summed E-state index contributed by atoms with van der Waals surface area (Å²) in [6, 6.07) is 10.2. The molecule has 2 aromatic rings. The molecule has 0 aliphatic heterocycles. The summed E-state index contributed by atoms with van der Waals surface area (Å²) >= 11 is 0. The first-order valence-corrected chi connectivity index (χ1v) is 7.07. The first-order valence-electron chi connectivity index (χ1n) is 7.07. The Morgan fingerprint density at radius 3 is 2.80 bits per heavy atom. The Morgan fingerprint density at radius 1 is 1.25 bits per heavy atom. The zero-order valence-electron chi connectivity index (χ0n) is 12.2. The quantitative estimate of drug-likeness (QED) is 0.804. The van der Waals surface area contributed by atoms with Gasteiger partial charge in [0.25, 0.3) is 0 Å². The highest BCUT2D eigenvalue weighted by Crippen LogP contribution is 2.02. The van der Waals surface area contributed by atoms with E-state index in [1.54, 1.807) is 0 Å². The molecule has 0 fully saturated rings. The van der Waals surface area contributed by atoms with Crippen molar-refractivity contribution in [1.82, 2.24) is 14.9 Å². The highest BCUT2D eigenvalue weighted by molar-refractivity contribution is 5.13. The number of ether oxygens (including phenoxy) is 1. The van der Waals surface area contributed by atoms with Crippen LogP contribution in [0.5, 0.6) is 0 Å². The molecule has 108 valence electrons. The molecule has 0 atom stereocenters. The minimum absolute atomic E-state index is 0.534.